The topological polar surface area (TPSA) is 96.1 Å². The molecule has 1 heterocycles. The number of rotatable bonds is 7. The predicted molar refractivity (Wildman–Crippen MR) is 124 cm³/mol. The molecular weight excluding hydrogens is 404 g/mol. The Balaban J connectivity index is 0.00000141. The molecule has 32 heavy (non-hydrogen) atoms. The minimum Gasteiger partial charge on any atom is -0.497 e. The first-order valence-corrected chi connectivity index (χ1v) is 10.8. The van der Waals surface area contributed by atoms with Crippen molar-refractivity contribution < 1.29 is 14.3 Å². The summed E-state index contributed by atoms with van der Waals surface area (Å²) in [6.07, 6.45) is 3.18. The van der Waals surface area contributed by atoms with Gasteiger partial charge in [-0.2, -0.15) is 5.10 Å². The number of nitrogens with zero attached hydrogens (tertiary/aromatic N) is 1. The van der Waals surface area contributed by atoms with Crippen molar-refractivity contribution in [3.8, 4) is 17.0 Å². The first-order valence-electron chi connectivity index (χ1n) is 10.8. The number of carbonyl (C=O) groups is 2. The van der Waals surface area contributed by atoms with Crippen LogP contribution in [0.25, 0.3) is 11.3 Å². The van der Waals surface area contributed by atoms with Gasteiger partial charge < -0.3 is 15.4 Å². The van der Waals surface area contributed by atoms with Crippen LogP contribution in [-0.4, -0.2) is 36.2 Å². The molecule has 1 fully saturated rings. The van der Waals surface area contributed by atoms with Gasteiger partial charge in [0.15, 0.2) is 0 Å². The summed E-state index contributed by atoms with van der Waals surface area (Å²) in [6, 6.07) is 16.2. The fourth-order valence-electron chi connectivity index (χ4n) is 3.71. The highest BCUT2D eigenvalue weighted by Crippen LogP contribution is 2.49. The molecular formula is C25H30N4O3. The van der Waals surface area contributed by atoms with Gasteiger partial charge in [0.1, 0.15) is 11.8 Å². The Labute approximate surface area is 188 Å². The van der Waals surface area contributed by atoms with Crippen LogP contribution in [0.1, 0.15) is 43.9 Å². The lowest BCUT2D eigenvalue weighted by atomic mass is 9.92. The van der Waals surface area contributed by atoms with Gasteiger partial charge in [-0.1, -0.05) is 44.2 Å². The van der Waals surface area contributed by atoms with E-state index in [2.05, 4.69) is 20.8 Å². The Kier molecular flexibility index (Phi) is 7.30. The standard InChI is InChI=1S/C23H24N4O3.C2H6/c1-24-21(28)20(16-6-4-8-18(14-16)30-2)26-22(29)23(10-11-23)17-7-3-5-15(13-17)19-9-12-25-27-19;1-2/h3-9,12-14,20H,10-11H2,1-2H3,(H,24,28)(H,25,27)(H,26,29);1-2H3. The number of amides is 2. The second-order valence-electron chi connectivity index (χ2n) is 7.43. The SMILES string of the molecule is CC.CNC(=O)C(NC(=O)C1(c2cccc(-c3ccn[nH]3)c2)CC1)c1cccc(OC)c1. The van der Waals surface area contributed by atoms with Crippen molar-refractivity contribution in [1.82, 2.24) is 20.8 Å². The first-order chi connectivity index (χ1) is 15.6. The van der Waals surface area contributed by atoms with Crippen LogP contribution < -0.4 is 15.4 Å². The van der Waals surface area contributed by atoms with E-state index in [0.717, 1.165) is 29.7 Å². The van der Waals surface area contributed by atoms with Gasteiger partial charge in [-0.3, -0.25) is 14.7 Å². The van der Waals surface area contributed by atoms with Gasteiger partial charge in [0, 0.05) is 13.2 Å². The molecule has 1 aliphatic carbocycles. The van der Waals surface area contributed by atoms with E-state index in [-0.39, 0.29) is 11.8 Å². The van der Waals surface area contributed by atoms with Gasteiger partial charge in [0.05, 0.1) is 18.2 Å². The monoisotopic (exact) mass is 434 g/mol. The second kappa shape index (κ2) is 10.1. The molecule has 0 spiro atoms. The van der Waals surface area contributed by atoms with Crippen LogP contribution in [0.2, 0.25) is 0 Å². The molecule has 2 amide bonds. The van der Waals surface area contributed by atoms with E-state index in [9.17, 15) is 9.59 Å². The van der Waals surface area contributed by atoms with E-state index in [1.807, 2.05) is 44.2 Å². The van der Waals surface area contributed by atoms with Crippen LogP contribution in [-0.2, 0) is 15.0 Å². The maximum absolute atomic E-state index is 13.3. The summed E-state index contributed by atoms with van der Waals surface area (Å²) in [7, 11) is 3.13. The quantitative estimate of drug-likeness (QED) is 0.528. The number of hydrogen-bond acceptors (Lipinski definition) is 4. The fourth-order valence-corrected chi connectivity index (χ4v) is 3.71. The third-order valence-corrected chi connectivity index (χ3v) is 5.62. The molecule has 168 valence electrons. The highest BCUT2D eigenvalue weighted by molar-refractivity contribution is 5.95. The summed E-state index contributed by atoms with van der Waals surface area (Å²) in [4.78, 5) is 25.9. The molecule has 1 atom stereocenters. The van der Waals surface area contributed by atoms with Gasteiger partial charge >= 0.3 is 0 Å². The number of ether oxygens (including phenoxy) is 1. The molecule has 1 saturated carbocycles. The third-order valence-electron chi connectivity index (χ3n) is 5.62. The number of carbonyl (C=O) groups excluding carboxylic acids is 2. The van der Waals surface area contributed by atoms with E-state index in [4.69, 9.17) is 4.74 Å². The Morgan fingerprint density at radius 1 is 1.09 bits per heavy atom. The van der Waals surface area contributed by atoms with Crippen LogP contribution in [0.5, 0.6) is 5.75 Å². The maximum atomic E-state index is 13.3. The Morgan fingerprint density at radius 2 is 1.84 bits per heavy atom. The van der Waals surface area contributed by atoms with E-state index in [1.165, 1.54) is 0 Å². The molecule has 0 aliphatic heterocycles. The lowest BCUT2D eigenvalue weighted by Gasteiger charge is -2.23. The average molecular weight is 435 g/mol. The summed E-state index contributed by atoms with van der Waals surface area (Å²) in [5, 5.41) is 12.6. The number of benzene rings is 2. The smallest absolute Gasteiger partial charge is 0.246 e. The largest absolute Gasteiger partial charge is 0.497 e. The number of hydrogen-bond donors (Lipinski definition) is 3. The fraction of sp³-hybridized carbons (Fsp3) is 0.320. The minimum absolute atomic E-state index is 0.152. The molecule has 3 aromatic rings. The van der Waals surface area contributed by atoms with Gasteiger partial charge in [-0.25, -0.2) is 0 Å². The zero-order valence-electron chi connectivity index (χ0n) is 18.9. The number of H-pyrrole nitrogens is 1. The maximum Gasteiger partial charge on any atom is 0.246 e. The summed E-state index contributed by atoms with van der Waals surface area (Å²) in [5.41, 5.74) is 2.85. The predicted octanol–water partition coefficient (Wildman–Crippen LogP) is 3.75. The molecule has 1 aliphatic rings. The van der Waals surface area contributed by atoms with Crippen molar-refractivity contribution in [3.63, 3.8) is 0 Å². The molecule has 2 aromatic carbocycles. The van der Waals surface area contributed by atoms with Crippen LogP contribution >= 0.6 is 0 Å². The highest BCUT2D eigenvalue weighted by Gasteiger charge is 2.52. The summed E-state index contributed by atoms with van der Waals surface area (Å²) < 4.78 is 5.27. The van der Waals surface area contributed by atoms with Crippen LogP contribution in [0.3, 0.4) is 0 Å². The molecule has 0 bridgehead atoms. The van der Waals surface area contributed by atoms with Crippen molar-refractivity contribution in [3.05, 3.63) is 71.9 Å². The van der Waals surface area contributed by atoms with Gasteiger partial charge in [-0.15, -0.1) is 0 Å². The Morgan fingerprint density at radius 3 is 2.47 bits per heavy atom. The van der Waals surface area contributed by atoms with E-state index in [0.29, 0.717) is 11.3 Å². The zero-order chi connectivity index (χ0) is 23.1. The third kappa shape index (κ3) is 4.66. The van der Waals surface area contributed by atoms with E-state index < -0.39 is 11.5 Å². The van der Waals surface area contributed by atoms with Crippen molar-refractivity contribution in [2.24, 2.45) is 0 Å². The molecule has 1 unspecified atom stereocenters. The van der Waals surface area contributed by atoms with Gasteiger partial charge in [0.25, 0.3) is 0 Å². The van der Waals surface area contributed by atoms with Crippen molar-refractivity contribution >= 4 is 11.8 Å². The molecule has 7 nitrogen and oxygen atoms in total. The van der Waals surface area contributed by atoms with Gasteiger partial charge in [0.2, 0.25) is 11.8 Å². The summed E-state index contributed by atoms with van der Waals surface area (Å²) in [6.45, 7) is 4.00. The van der Waals surface area contributed by atoms with Crippen LogP contribution in [0.4, 0.5) is 0 Å². The molecule has 3 N–H and O–H groups in total. The number of nitrogens with one attached hydrogen (secondary N) is 3. The minimum atomic E-state index is -0.800. The van der Waals surface area contributed by atoms with Crippen molar-refractivity contribution in [2.45, 2.75) is 38.1 Å². The Hall–Kier alpha value is -3.61. The zero-order valence-corrected chi connectivity index (χ0v) is 18.9. The second-order valence-corrected chi connectivity index (χ2v) is 7.43. The van der Waals surface area contributed by atoms with Crippen LogP contribution in [0.15, 0.2) is 60.8 Å². The number of likely N-dealkylation sites (N-methyl/N-ethyl adjacent to an activating group) is 1. The van der Waals surface area contributed by atoms with Gasteiger partial charge in [-0.05, 0) is 53.8 Å². The normalized spacial score (nSPS) is 14.4. The number of aromatic amines is 1. The van der Waals surface area contributed by atoms with Crippen molar-refractivity contribution in [2.75, 3.05) is 14.2 Å². The lowest BCUT2D eigenvalue weighted by Crippen LogP contribution is -2.43. The average Bonchev–Trinajstić information content (AvgIpc) is 3.49. The van der Waals surface area contributed by atoms with E-state index in [1.54, 1.807) is 44.6 Å². The Bertz CT molecular complexity index is 1060. The highest BCUT2D eigenvalue weighted by atomic mass is 16.5. The van der Waals surface area contributed by atoms with Crippen LogP contribution in [0, 0.1) is 0 Å². The summed E-state index contributed by atoms with van der Waals surface area (Å²) >= 11 is 0. The molecule has 1 aromatic heterocycles. The lowest BCUT2D eigenvalue weighted by molar-refractivity contribution is -0.130. The molecule has 7 heteroatoms. The molecule has 0 saturated heterocycles. The first kappa shape index (κ1) is 23.1. The summed E-state index contributed by atoms with van der Waals surface area (Å²) in [5.74, 6) is 0.198. The number of aromatic nitrogens is 2. The van der Waals surface area contributed by atoms with Crippen molar-refractivity contribution in [1.29, 1.82) is 0 Å². The van der Waals surface area contributed by atoms with E-state index >= 15 is 0 Å². The number of methoxy groups -OCH3 is 1. The molecule has 4 rings (SSSR count). The molecule has 0 radical (unpaired) electrons.